The van der Waals surface area contributed by atoms with Crippen LogP contribution >= 0.6 is 11.6 Å². The lowest BCUT2D eigenvalue weighted by Gasteiger charge is -2.13. The predicted molar refractivity (Wildman–Crippen MR) is 67.6 cm³/mol. The minimum absolute atomic E-state index is 0.829. The van der Waals surface area contributed by atoms with Crippen molar-refractivity contribution in [3.05, 3.63) is 39.9 Å². The summed E-state index contributed by atoms with van der Waals surface area (Å²) >= 11 is 6.35. The van der Waals surface area contributed by atoms with Crippen molar-refractivity contribution in [3.8, 4) is 0 Å². The molecule has 2 aromatic carbocycles. The number of aryl methyl sites for hydroxylation is 1. The van der Waals surface area contributed by atoms with Gasteiger partial charge in [0.1, 0.15) is 0 Å². The van der Waals surface area contributed by atoms with Crippen LogP contribution in [0.2, 0.25) is 5.02 Å². The van der Waals surface area contributed by atoms with Crippen molar-refractivity contribution in [1.29, 1.82) is 0 Å². The van der Waals surface area contributed by atoms with Gasteiger partial charge in [0.05, 0.1) is 5.02 Å². The Morgan fingerprint density at radius 1 is 1.07 bits per heavy atom. The molecule has 0 spiro atoms. The third-order valence-corrected chi connectivity index (χ3v) is 3.55. The number of nitrogens with two attached hydrogens (primary N) is 1. The van der Waals surface area contributed by atoms with Gasteiger partial charge in [-0.25, -0.2) is 0 Å². The Balaban J connectivity index is 3.08. The van der Waals surface area contributed by atoms with Crippen LogP contribution in [-0.4, -0.2) is 0 Å². The molecule has 15 heavy (non-hydrogen) atoms. The lowest BCUT2D eigenvalue weighted by atomic mass is 9.97. The second-order valence-electron chi connectivity index (χ2n) is 3.98. The van der Waals surface area contributed by atoms with Gasteiger partial charge in [-0.2, -0.15) is 0 Å². The van der Waals surface area contributed by atoms with Gasteiger partial charge in [-0.3, -0.25) is 0 Å². The van der Waals surface area contributed by atoms with Gasteiger partial charge in [-0.05, 0) is 37.5 Å². The summed E-state index contributed by atoms with van der Waals surface area (Å²) in [6.07, 6.45) is 0. The average molecular weight is 220 g/mol. The second kappa shape index (κ2) is 3.42. The van der Waals surface area contributed by atoms with Crippen molar-refractivity contribution in [2.24, 2.45) is 0 Å². The van der Waals surface area contributed by atoms with E-state index in [4.69, 9.17) is 17.3 Å². The van der Waals surface area contributed by atoms with Gasteiger partial charge in [0.25, 0.3) is 0 Å². The van der Waals surface area contributed by atoms with Crippen molar-refractivity contribution in [3.63, 3.8) is 0 Å². The molecule has 0 unspecified atom stereocenters. The highest BCUT2D eigenvalue weighted by Crippen LogP contribution is 2.36. The molecule has 2 aromatic rings. The highest BCUT2D eigenvalue weighted by molar-refractivity contribution is 6.37. The first kappa shape index (κ1) is 10.3. The van der Waals surface area contributed by atoms with E-state index in [2.05, 4.69) is 13.0 Å². The molecule has 0 aliphatic carbocycles. The summed E-state index contributed by atoms with van der Waals surface area (Å²) in [7, 11) is 0. The maximum atomic E-state index is 6.35. The smallest absolute Gasteiger partial charge is 0.0520 e. The third-order valence-electron chi connectivity index (χ3n) is 3.08. The van der Waals surface area contributed by atoms with Crippen LogP contribution in [0.5, 0.6) is 0 Å². The fraction of sp³-hybridized carbons (Fsp3) is 0.231. The molecule has 0 heterocycles. The maximum Gasteiger partial charge on any atom is 0.0520 e. The molecule has 2 N–H and O–H groups in total. The summed E-state index contributed by atoms with van der Waals surface area (Å²) in [4.78, 5) is 0. The number of hydrogen-bond acceptors (Lipinski definition) is 1. The largest absolute Gasteiger partial charge is 0.398 e. The molecule has 0 aromatic heterocycles. The molecule has 0 aliphatic heterocycles. The molecule has 78 valence electrons. The van der Waals surface area contributed by atoms with Crippen LogP contribution < -0.4 is 5.73 Å². The van der Waals surface area contributed by atoms with E-state index in [0.29, 0.717) is 0 Å². The molecule has 2 heteroatoms. The number of fused-ring (bicyclic) bond motifs is 1. The molecule has 0 radical (unpaired) electrons. The Morgan fingerprint density at radius 3 is 2.40 bits per heavy atom. The lowest BCUT2D eigenvalue weighted by Crippen LogP contribution is -1.96. The normalized spacial score (nSPS) is 10.9. The first-order chi connectivity index (χ1) is 7.04. The summed E-state index contributed by atoms with van der Waals surface area (Å²) in [5, 5.41) is 2.97. The van der Waals surface area contributed by atoms with E-state index < -0.39 is 0 Å². The van der Waals surface area contributed by atoms with Gasteiger partial charge >= 0.3 is 0 Å². The molecule has 0 bridgehead atoms. The number of rotatable bonds is 0. The SMILES string of the molecule is Cc1c(C)c(Cl)c2c(C)cccc2c1N. The van der Waals surface area contributed by atoms with E-state index in [9.17, 15) is 0 Å². The molecule has 0 saturated heterocycles. The number of nitrogen functional groups attached to an aromatic ring is 1. The number of anilines is 1. The van der Waals surface area contributed by atoms with Gasteiger partial charge in [-0.15, -0.1) is 0 Å². The average Bonchev–Trinajstić information content (AvgIpc) is 2.23. The molecule has 0 atom stereocenters. The van der Waals surface area contributed by atoms with Gasteiger partial charge in [0.15, 0.2) is 0 Å². The molecular weight excluding hydrogens is 206 g/mol. The van der Waals surface area contributed by atoms with Crippen molar-refractivity contribution in [2.75, 3.05) is 5.73 Å². The highest BCUT2D eigenvalue weighted by Gasteiger charge is 2.11. The van der Waals surface area contributed by atoms with Gasteiger partial charge in [-0.1, -0.05) is 29.8 Å². The highest BCUT2D eigenvalue weighted by atomic mass is 35.5. The monoisotopic (exact) mass is 219 g/mol. The second-order valence-corrected chi connectivity index (χ2v) is 4.35. The van der Waals surface area contributed by atoms with Crippen LogP contribution in [0, 0.1) is 20.8 Å². The van der Waals surface area contributed by atoms with Crippen LogP contribution in [0.25, 0.3) is 10.8 Å². The van der Waals surface area contributed by atoms with Crippen LogP contribution in [0.1, 0.15) is 16.7 Å². The number of hydrogen-bond donors (Lipinski definition) is 1. The zero-order valence-electron chi connectivity index (χ0n) is 9.19. The zero-order valence-corrected chi connectivity index (χ0v) is 9.94. The minimum Gasteiger partial charge on any atom is -0.398 e. The molecule has 0 fully saturated rings. The van der Waals surface area contributed by atoms with E-state index in [-0.39, 0.29) is 0 Å². The van der Waals surface area contributed by atoms with E-state index >= 15 is 0 Å². The fourth-order valence-corrected chi connectivity index (χ4v) is 2.33. The molecular formula is C13H14ClN. The molecule has 1 nitrogen and oxygen atoms in total. The zero-order chi connectivity index (χ0) is 11.2. The van der Waals surface area contributed by atoms with Crippen molar-refractivity contribution in [2.45, 2.75) is 20.8 Å². The predicted octanol–water partition coefficient (Wildman–Crippen LogP) is 4.00. The molecule has 0 amide bonds. The standard InChI is InChI=1S/C13H14ClN/c1-7-5-4-6-10-11(7)12(14)8(2)9(3)13(10)15/h4-6H,15H2,1-3H3. The number of benzene rings is 2. The number of halogens is 1. The maximum absolute atomic E-state index is 6.35. The van der Waals surface area contributed by atoms with Crippen molar-refractivity contribution in [1.82, 2.24) is 0 Å². The molecule has 0 aliphatic rings. The summed E-state index contributed by atoms with van der Waals surface area (Å²) in [5.74, 6) is 0. The van der Waals surface area contributed by atoms with Crippen molar-refractivity contribution < 1.29 is 0 Å². The Morgan fingerprint density at radius 2 is 1.73 bits per heavy atom. The molecule has 0 saturated carbocycles. The summed E-state index contributed by atoms with van der Waals surface area (Å²) in [5.41, 5.74) is 10.3. The topological polar surface area (TPSA) is 26.0 Å². The quantitative estimate of drug-likeness (QED) is 0.666. The summed E-state index contributed by atoms with van der Waals surface area (Å²) in [6.45, 7) is 6.08. The lowest BCUT2D eigenvalue weighted by molar-refractivity contribution is 1.36. The van der Waals surface area contributed by atoms with E-state index in [1.54, 1.807) is 0 Å². The van der Waals surface area contributed by atoms with Crippen LogP contribution in [0.15, 0.2) is 18.2 Å². The third kappa shape index (κ3) is 1.38. The van der Waals surface area contributed by atoms with E-state index in [1.807, 2.05) is 26.0 Å². The van der Waals surface area contributed by atoms with Crippen molar-refractivity contribution >= 4 is 28.1 Å². The first-order valence-electron chi connectivity index (χ1n) is 4.97. The van der Waals surface area contributed by atoms with Crippen LogP contribution in [0.3, 0.4) is 0 Å². The first-order valence-corrected chi connectivity index (χ1v) is 5.35. The summed E-state index contributed by atoms with van der Waals surface area (Å²) in [6, 6.07) is 6.09. The summed E-state index contributed by atoms with van der Waals surface area (Å²) < 4.78 is 0. The van der Waals surface area contributed by atoms with E-state index in [1.165, 1.54) is 5.56 Å². The Hall–Kier alpha value is -1.21. The Bertz CT molecular complexity index is 544. The van der Waals surface area contributed by atoms with E-state index in [0.717, 1.165) is 32.6 Å². The Labute approximate surface area is 94.9 Å². The van der Waals surface area contributed by atoms with Gasteiger partial charge in [0, 0.05) is 16.5 Å². The molecule has 2 rings (SSSR count). The van der Waals surface area contributed by atoms with Crippen LogP contribution in [0.4, 0.5) is 5.69 Å². The minimum atomic E-state index is 0.829. The van der Waals surface area contributed by atoms with Gasteiger partial charge < -0.3 is 5.73 Å². The van der Waals surface area contributed by atoms with Crippen LogP contribution in [-0.2, 0) is 0 Å². The fourth-order valence-electron chi connectivity index (χ4n) is 1.94. The Kier molecular flexibility index (Phi) is 2.35. The van der Waals surface area contributed by atoms with Gasteiger partial charge in [0.2, 0.25) is 0 Å².